The van der Waals surface area contributed by atoms with Crippen molar-refractivity contribution < 1.29 is 4.79 Å². The summed E-state index contributed by atoms with van der Waals surface area (Å²) in [5.74, 6) is -0.0840. The number of hydrogen-bond donors (Lipinski definition) is 2. The summed E-state index contributed by atoms with van der Waals surface area (Å²) >= 11 is 5.94. The first-order chi connectivity index (χ1) is 13.5. The summed E-state index contributed by atoms with van der Waals surface area (Å²) in [7, 11) is 0. The molecule has 0 fully saturated rings. The molecule has 1 aromatic heterocycles. The summed E-state index contributed by atoms with van der Waals surface area (Å²) in [6, 6.07) is 16.0. The van der Waals surface area contributed by atoms with E-state index in [0.29, 0.717) is 12.2 Å². The summed E-state index contributed by atoms with van der Waals surface area (Å²) in [4.78, 5) is 12.3. The highest BCUT2D eigenvalue weighted by Gasteiger charge is 2.27. The average Bonchev–Trinajstić information content (AvgIpc) is 3.11. The third-order valence-corrected chi connectivity index (χ3v) is 5.34. The van der Waals surface area contributed by atoms with E-state index in [1.807, 2.05) is 35.0 Å². The molecule has 5 nitrogen and oxygen atoms in total. The SMILES string of the molecule is Cc1ccc(-c2cc3n(n2)[C@@H](NCCc2ccc(Cl)cc2)CNC3=O)c(C)c1. The van der Waals surface area contributed by atoms with Crippen LogP contribution in [0, 0.1) is 13.8 Å². The highest BCUT2D eigenvalue weighted by atomic mass is 35.5. The summed E-state index contributed by atoms with van der Waals surface area (Å²) in [6.45, 7) is 5.44. The number of aryl methyl sites for hydroxylation is 2. The van der Waals surface area contributed by atoms with Crippen LogP contribution in [0.15, 0.2) is 48.5 Å². The molecule has 2 N–H and O–H groups in total. The van der Waals surface area contributed by atoms with E-state index in [9.17, 15) is 4.79 Å². The van der Waals surface area contributed by atoms with Crippen molar-refractivity contribution in [1.29, 1.82) is 0 Å². The Morgan fingerprint density at radius 3 is 2.71 bits per heavy atom. The Morgan fingerprint density at radius 2 is 1.96 bits per heavy atom. The third kappa shape index (κ3) is 3.81. The maximum absolute atomic E-state index is 12.3. The molecule has 28 heavy (non-hydrogen) atoms. The van der Waals surface area contributed by atoms with Crippen LogP contribution in [-0.4, -0.2) is 28.8 Å². The van der Waals surface area contributed by atoms with Gasteiger partial charge in [0.1, 0.15) is 11.9 Å². The quantitative estimate of drug-likeness (QED) is 0.690. The summed E-state index contributed by atoms with van der Waals surface area (Å²) in [5.41, 5.74) is 6.06. The van der Waals surface area contributed by atoms with Crippen LogP contribution >= 0.6 is 11.6 Å². The standard InChI is InChI=1S/C22H23ClN4O/c1-14-3-8-18(15(2)11-14)19-12-20-22(28)25-13-21(27(20)26-19)24-10-9-16-4-6-17(23)7-5-16/h3-8,11-12,21,24H,9-10,13H2,1-2H3,(H,25,28)/t21-/m1/s1. The fourth-order valence-corrected chi connectivity index (χ4v) is 3.72. The van der Waals surface area contributed by atoms with Gasteiger partial charge in [-0.1, -0.05) is 47.5 Å². The smallest absolute Gasteiger partial charge is 0.269 e. The number of carbonyl (C=O) groups excluding carboxylic acids is 1. The Hall–Kier alpha value is -2.63. The first-order valence-corrected chi connectivity index (χ1v) is 9.82. The minimum absolute atomic E-state index is 0.0699. The zero-order valence-electron chi connectivity index (χ0n) is 16.0. The number of benzene rings is 2. The largest absolute Gasteiger partial charge is 0.347 e. The number of amides is 1. The number of fused-ring (bicyclic) bond motifs is 1. The van der Waals surface area contributed by atoms with Crippen LogP contribution in [0.2, 0.25) is 5.02 Å². The molecule has 2 heterocycles. The summed E-state index contributed by atoms with van der Waals surface area (Å²) < 4.78 is 1.81. The van der Waals surface area contributed by atoms with Crippen molar-refractivity contribution in [2.75, 3.05) is 13.1 Å². The number of aromatic nitrogens is 2. The Balaban J connectivity index is 1.52. The lowest BCUT2D eigenvalue weighted by atomic mass is 10.0. The minimum Gasteiger partial charge on any atom is -0.347 e. The molecule has 0 bridgehead atoms. The van der Waals surface area contributed by atoms with Gasteiger partial charge in [0.2, 0.25) is 0 Å². The number of rotatable bonds is 5. The monoisotopic (exact) mass is 394 g/mol. The van der Waals surface area contributed by atoms with Gasteiger partial charge in [-0.2, -0.15) is 5.10 Å². The van der Waals surface area contributed by atoms with Gasteiger partial charge in [-0.05, 0) is 49.6 Å². The average molecular weight is 395 g/mol. The minimum atomic E-state index is -0.0840. The second-order valence-corrected chi connectivity index (χ2v) is 7.67. The normalized spacial score (nSPS) is 16.0. The Bertz CT molecular complexity index is 1010. The maximum Gasteiger partial charge on any atom is 0.269 e. The van der Waals surface area contributed by atoms with Crippen LogP contribution in [0.25, 0.3) is 11.3 Å². The molecule has 0 aliphatic carbocycles. The fraction of sp³-hybridized carbons (Fsp3) is 0.273. The molecular formula is C22H23ClN4O. The van der Waals surface area contributed by atoms with E-state index in [2.05, 4.69) is 42.7 Å². The summed E-state index contributed by atoms with van der Waals surface area (Å²) in [6.07, 6.45) is 0.807. The van der Waals surface area contributed by atoms with Crippen molar-refractivity contribution in [2.45, 2.75) is 26.4 Å². The van der Waals surface area contributed by atoms with Crippen molar-refractivity contribution in [2.24, 2.45) is 0 Å². The molecule has 6 heteroatoms. The van der Waals surface area contributed by atoms with Gasteiger partial charge >= 0.3 is 0 Å². The second kappa shape index (κ2) is 7.78. The van der Waals surface area contributed by atoms with Gasteiger partial charge in [0, 0.05) is 17.1 Å². The lowest BCUT2D eigenvalue weighted by Gasteiger charge is -2.25. The van der Waals surface area contributed by atoms with Gasteiger partial charge in [0.05, 0.1) is 12.2 Å². The lowest BCUT2D eigenvalue weighted by molar-refractivity contribution is 0.0901. The zero-order valence-corrected chi connectivity index (χ0v) is 16.8. The van der Waals surface area contributed by atoms with Gasteiger partial charge in [0.25, 0.3) is 5.91 Å². The van der Waals surface area contributed by atoms with Gasteiger partial charge in [-0.15, -0.1) is 0 Å². The molecule has 1 aliphatic rings. The Kier molecular flexibility index (Phi) is 5.20. The van der Waals surface area contributed by atoms with Crippen LogP contribution in [0.1, 0.15) is 33.3 Å². The zero-order chi connectivity index (χ0) is 19.7. The van der Waals surface area contributed by atoms with Crippen molar-refractivity contribution >= 4 is 17.5 Å². The van der Waals surface area contributed by atoms with Crippen molar-refractivity contribution in [3.05, 3.63) is 75.9 Å². The van der Waals surface area contributed by atoms with Crippen LogP contribution < -0.4 is 10.6 Å². The molecule has 0 saturated carbocycles. The van der Waals surface area contributed by atoms with Gasteiger partial charge < -0.3 is 5.32 Å². The number of halogens is 1. The van der Waals surface area contributed by atoms with Gasteiger partial charge in [0.15, 0.2) is 0 Å². The highest BCUT2D eigenvalue weighted by Crippen LogP contribution is 2.26. The first kappa shape index (κ1) is 18.7. The van der Waals surface area contributed by atoms with E-state index in [4.69, 9.17) is 16.7 Å². The van der Waals surface area contributed by atoms with Crippen LogP contribution in [-0.2, 0) is 6.42 Å². The van der Waals surface area contributed by atoms with Gasteiger partial charge in [-0.25, -0.2) is 4.68 Å². The summed E-state index contributed by atoms with van der Waals surface area (Å²) in [5, 5.41) is 12.0. The van der Waals surface area contributed by atoms with E-state index in [-0.39, 0.29) is 12.1 Å². The second-order valence-electron chi connectivity index (χ2n) is 7.23. The Labute approximate surface area is 169 Å². The van der Waals surface area contributed by atoms with E-state index >= 15 is 0 Å². The van der Waals surface area contributed by atoms with Gasteiger partial charge in [-0.3, -0.25) is 10.1 Å². The van der Waals surface area contributed by atoms with Crippen molar-refractivity contribution in [3.8, 4) is 11.3 Å². The first-order valence-electron chi connectivity index (χ1n) is 9.44. The predicted octanol–water partition coefficient (Wildman–Crippen LogP) is 3.89. The van der Waals surface area contributed by atoms with Crippen molar-refractivity contribution in [3.63, 3.8) is 0 Å². The molecule has 144 valence electrons. The van der Waals surface area contributed by atoms with E-state index in [0.717, 1.165) is 34.8 Å². The number of carbonyl (C=O) groups is 1. The molecule has 3 aromatic rings. The van der Waals surface area contributed by atoms with Crippen LogP contribution in [0.3, 0.4) is 0 Å². The topological polar surface area (TPSA) is 59.0 Å². The fourth-order valence-electron chi connectivity index (χ4n) is 3.59. The molecule has 1 atom stereocenters. The number of nitrogens with one attached hydrogen (secondary N) is 2. The Morgan fingerprint density at radius 1 is 1.18 bits per heavy atom. The predicted molar refractivity (Wildman–Crippen MR) is 112 cm³/mol. The maximum atomic E-state index is 12.3. The third-order valence-electron chi connectivity index (χ3n) is 5.08. The van der Waals surface area contributed by atoms with E-state index < -0.39 is 0 Å². The lowest BCUT2D eigenvalue weighted by Crippen LogP contribution is -2.45. The molecule has 0 radical (unpaired) electrons. The molecule has 2 aromatic carbocycles. The molecule has 1 aliphatic heterocycles. The molecular weight excluding hydrogens is 372 g/mol. The van der Waals surface area contributed by atoms with E-state index in [1.54, 1.807) is 0 Å². The molecule has 1 amide bonds. The molecule has 0 unspecified atom stereocenters. The molecule has 0 saturated heterocycles. The van der Waals surface area contributed by atoms with E-state index in [1.165, 1.54) is 11.1 Å². The van der Waals surface area contributed by atoms with Crippen molar-refractivity contribution in [1.82, 2.24) is 20.4 Å². The highest BCUT2D eigenvalue weighted by molar-refractivity contribution is 6.30. The van der Waals surface area contributed by atoms with Crippen LogP contribution in [0.4, 0.5) is 0 Å². The van der Waals surface area contributed by atoms with Crippen LogP contribution in [0.5, 0.6) is 0 Å². The number of hydrogen-bond acceptors (Lipinski definition) is 3. The molecule has 4 rings (SSSR count). The number of nitrogens with zero attached hydrogens (tertiary/aromatic N) is 2. The molecule has 0 spiro atoms.